The molecule has 1 aliphatic heterocycles. The van der Waals surface area contributed by atoms with E-state index in [0.717, 1.165) is 12.8 Å². The van der Waals surface area contributed by atoms with Crippen LogP contribution in [0.2, 0.25) is 0 Å². The van der Waals surface area contributed by atoms with Crippen molar-refractivity contribution >= 4 is 5.97 Å². The number of carboxylic acids is 1. The van der Waals surface area contributed by atoms with E-state index in [1.54, 1.807) is 0 Å². The molecule has 1 heterocycles. The number of carbonyl (C=O) groups is 1. The Balaban J connectivity index is 2.38. The summed E-state index contributed by atoms with van der Waals surface area (Å²) in [4.78, 5) is 10.5. The third-order valence-electron chi connectivity index (χ3n) is 2.41. The first kappa shape index (κ1) is 9.52. The van der Waals surface area contributed by atoms with E-state index in [4.69, 9.17) is 5.11 Å². The Kier molecular flexibility index (Phi) is 3.09. The van der Waals surface area contributed by atoms with Crippen LogP contribution in [0.15, 0.2) is 0 Å². The highest BCUT2D eigenvalue weighted by Crippen LogP contribution is 2.22. The van der Waals surface area contributed by atoms with Gasteiger partial charge in [0.25, 0.3) is 0 Å². The van der Waals surface area contributed by atoms with Crippen molar-refractivity contribution in [2.75, 3.05) is 0 Å². The van der Waals surface area contributed by atoms with Gasteiger partial charge in [-0.3, -0.25) is 4.79 Å². The van der Waals surface area contributed by atoms with Crippen LogP contribution < -0.4 is 5.32 Å². The van der Waals surface area contributed by atoms with Gasteiger partial charge in [-0.2, -0.15) is 0 Å². The van der Waals surface area contributed by atoms with Crippen molar-refractivity contribution in [1.29, 1.82) is 0 Å². The first-order chi connectivity index (χ1) is 5.58. The zero-order valence-corrected chi connectivity index (χ0v) is 7.71. The van der Waals surface area contributed by atoms with Crippen LogP contribution in [-0.2, 0) is 4.79 Å². The molecule has 1 fully saturated rings. The van der Waals surface area contributed by atoms with Crippen LogP contribution in [0.5, 0.6) is 0 Å². The zero-order valence-electron chi connectivity index (χ0n) is 7.71. The number of hydrogen-bond donors (Lipinski definition) is 2. The molecule has 0 aromatic heterocycles. The maximum atomic E-state index is 10.5. The molecule has 0 bridgehead atoms. The van der Waals surface area contributed by atoms with Gasteiger partial charge >= 0.3 is 5.97 Å². The zero-order chi connectivity index (χ0) is 9.14. The summed E-state index contributed by atoms with van der Waals surface area (Å²) in [5.41, 5.74) is 0. The van der Waals surface area contributed by atoms with Crippen LogP contribution >= 0.6 is 0 Å². The number of carboxylic acid groups (broad SMARTS) is 1. The minimum absolute atomic E-state index is 0.330. The van der Waals surface area contributed by atoms with Crippen LogP contribution in [0.4, 0.5) is 0 Å². The minimum atomic E-state index is -0.665. The molecule has 1 rings (SSSR count). The molecule has 3 heteroatoms. The Bertz CT molecular complexity index is 160. The van der Waals surface area contributed by atoms with Crippen LogP contribution in [-0.4, -0.2) is 23.2 Å². The van der Waals surface area contributed by atoms with Gasteiger partial charge in [-0.05, 0) is 32.6 Å². The molecule has 0 radical (unpaired) electrons. The van der Waals surface area contributed by atoms with E-state index in [1.165, 1.54) is 0 Å². The summed E-state index contributed by atoms with van der Waals surface area (Å²) in [7, 11) is 0. The molecular formula is C9H17NO2. The van der Waals surface area contributed by atoms with E-state index >= 15 is 0 Å². The fourth-order valence-electron chi connectivity index (χ4n) is 2.13. The SMILES string of the molecule is CC1CC(CC(=O)O)CC(C)N1. The summed E-state index contributed by atoms with van der Waals surface area (Å²) < 4.78 is 0. The van der Waals surface area contributed by atoms with Crippen molar-refractivity contribution in [3.8, 4) is 0 Å². The number of rotatable bonds is 2. The van der Waals surface area contributed by atoms with Crippen molar-refractivity contribution < 1.29 is 9.90 Å². The second-order valence-electron chi connectivity index (χ2n) is 3.90. The number of nitrogens with one attached hydrogen (secondary N) is 1. The molecule has 2 N–H and O–H groups in total. The van der Waals surface area contributed by atoms with E-state index < -0.39 is 5.97 Å². The molecule has 0 spiro atoms. The molecule has 12 heavy (non-hydrogen) atoms. The van der Waals surface area contributed by atoms with Gasteiger partial charge in [0.05, 0.1) is 0 Å². The Hall–Kier alpha value is -0.570. The van der Waals surface area contributed by atoms with Crippen molar-refractivity contribution in [2.45, 2.75) is 45.2 Å². The summed E-state index contributed by atoms with van der Waals surface area (Å²) in [5, 5.41) is 12.0. The molecule has 0 aliphatic carbocycles. The largest absolute Gasteiger partial charge is 0.481 e. The van der Waals surface area contributed by atoms with E-state index in [1.807, 2.05) is 0 Å². The maximum absolute atomic E-state index is 10.5. The van der Waals surface area contributed by atoms with Crippen LogP contribution in [0.25, 0.3) is 0 Å². The summed E-state index contributed by atoms with van der Waals surface area (Å²) in [6.45, 7) is 4.23. The van der Waals surface area contributed by atoms with Gasteiger partial charge in [0.15, 0.2) is 0 Å². The first-order valence-corrected chi connectivity index (χ1v) is 4.55. The molecule has 1 aliphatic rings. The number of aliphatic carboxylic acids is 1. The van der Waals surface area contributed by atoms with Gasteiger partial charge in [-0.15, -0.1) is 0 Å². The monoisotopic (exact) mass is 171 g/mol. The van der Waals surface area contributed by atoms with E-state index in [2.05, 4.69) is 19.2 Å². The van der Waals surface area contributed by atoms with Crippen molar-refractivity contribution in [2.24, 2.45) is 5.92 Å². The molecule has 0 aromatic rings. The van der Waals surface area contributed by atoms with Crippen LogP contribution in [0, 0.1) is 5.92 Å². The van der Waals surface area contributed by atoms with Gasteiger partial charge < -0.3 is 10.4 Å². The molecular weight excluding hydrogens is 154 g/mol. The third-order valence-corrected chi connectivity index (χ3v) is 2.41. The van der Waals surface area contributed by atoms with E-state index in [-0.39, 0.29) is 0 Å². The molecule has 0 amide bonds. The summed E-state index contributed by atoms with van der Waals surface area (Å²) in [6, 6.07) is 0.941. The Labute approximate surface area is 73.2 Å². The first-order valence-electron chi connectivity index (χ1n) is 4.55. The summed E-state index contributed by atoms with van der Waals surface area (Å²) in [5.74, 6) is -0.296. The predicted molar refractivity (Wildman–Crippen MR) is 47.0 cm³/mol. The average molecular weight is 171 g/mol. The van der Waals surface area contributed by atoms with Gasteiger partial charge in [0.1, 0.15) is 0 Å². The van der Waals surface area contributed by atoms with Gasteiger partial charge in [-0.1, -0.05) is 0 Å². The van der Waals surface area contributed by atoms with Crippen molar-refractivity contribution in [3.63, 3.8) is 0 Å². The molecule has 0 saturated carbocycles. The molecule has 1 saturated heterocycles. The second-order valence-corrected chi connectivity index (χ2v) is 3.90. The van der Waals surface area contributed by atoms with E-state index in [9.17, 15) is 4.79 Å². The smallest absolute Gasteiger partial charge is 0.303 e. The molecule has 2 unspecified atom stereocenters. The van der Waals surface area contributed by atoms with E-state index in [0.29, 0.717) is 24.4 Å². The fraction of sp³-hybridized carbons (Fsp3) is 0.889. The number of piperidine rings is 1. The normalized spacial score (nSPS) is 36.3. The highest BCUT2D eigenvalue weighted by molar-refractivity contribution is 5.67. The Morgan fingerprint density at radius 2 is 1.92 bits per heavy atom. The lowest BCUT2D eigenvalue weighted by Gasteiger charge is -2.32. The lowest BCUT2D eigenvalue weighted by Crippen LogP contribution is -2.42. The minimum Gasteiger partial charge on any atom is -0.481 e. The highest BCUT2D eigenvalue weighted by atomic mass is 16.4. The molecule has 2 atom stereocenters. The third kappa shape index (κ3) is 2.81. The van der Waals surface area contributed by atoms with Crippen molar-refractivity contribution in [3.05, 3.63) is 0 Å². The number of hydrogen-bond acceptors (Lipinski definition) is 2. The fourth-order valence-corrected chi connectivity index (χ4v) is 2.13. The second kappa shape index (κ2) is 3.90. The Morgan fingerprint density at radius 3 is 2.33 bits per heavy atom. The van der Waals surface area contributed by atoms with Gasteiger partial charge in [0, 0.05) is 18.5 Å². The Morgan fingerprint density at radius 1 is 1.42 bits per heavy atom. The molecule has 3 nitrogen and oxygen atoms in total. The summed E-state index contributed by atoms with van der Waals surface area (Å²) in [6.07, 6.45) is 2.32. The lowest BCUT2D eigenvalue weighted by molar-refractivity contribution is -0.138. The van der Waals surface area contributed by atoms with Crippen LogP contribution in [0.1, 0.15) is 33.1 Å². The van der Waals surface area contributed by atoms with Crippen LogP contribution in [0.3, 0.4) is 0 Å². The summed E-state index contributed by atoms with van der Waals surface area (Å²) >= 11 is 0. The van der Waals surface area contributed by atoms with Crippen molar-refractivity contribution in [1.82, 2.24) is 5.32 Å². The van der Waals surface area contributed by atoms with Gasteiger partial charge in [-0.25, -0.2) is 0 Å². The maximum Gasteiger partial charge on any atom is 0.303 e. The van der Waals surface area contributed by atoms with Gasteiger partial charge in [0.2, 0.25) is 0 Å². The lowest BCUT2D eigenvalue weighted by atomic mass is 9.87. The standard InChI is InChI=1S/C9H17NO2/c1-6-3-8(5-9(11)12)4-7(2)10-6/h6-8,10H,3-5H2,1-2H3,(H,11,12). The quantitative estimate of drug-likeness (QED) is 0.657. The predicted octanol–water partition coefficient (Wildman–Crippen LogP) is 1.24. The topological polar surface area (TPSA) is 49.3 Å². The molecule has 70 valence electrons. The average Bonchev–Trinajstić information content (AvgIpc) is 1.81. The molecule has 0 aromatic carbocycles. The highest BCUT2D eigenvalue weighted by Gasteiger charge is 2.24.